The molecule has 1 N–H and O–H groups in total. The van der Waals surface area contributed by atoms with Gasteiger partial charge in [0.05, 0.1) is 0 Å². The second-order valence-electron chi connectivity index (χ2n) is 5.22. The molecule has 1 unspecified atom stereocenters. The molecule has 0 bridgehead atoms. The summed E-state index contributed by atoms with van der Waals surface area (Å²) in [7, 11) is 0. The Morgan fingerprint density at radius 3 is 2.70 bits per heavy atom. The van der Waals surface area contributed by atoms with E-state index in [-0.39, 0.29) is 18.3 Å². The van der Waals surface area contributed by atoms with E-state index >= 15 is 0 Å². The average Bonchev–Trinajstić information content (AvgIpc) is 3.10. The van der Waals surface area contributed by atoms with Crippen molar-refractivity contribution in [2.24, 2.45) is 0 Å². The van der Waals surface area contributed by atoms with Gasteiger partial charge in [-0.1, -0.05) is 29.3 Å². The Kier molecular flexibility index (Phi) is 4.42. The zero-order valence-electron chi connectivity index (χ0n) is 12.5. The van der Waals surface area contributed by atoms with Gasteiger partial charge in [0.25, 0.3) is 5.91 Å². The quantitative estimate of drug-likeness (QED) is 0.807. The Morgan fingerprint density at radius 1 is 1.26 bits per heavy atom. The van der Waals surface area contributed by atoms with Gasteiger partial charge in [0.15, 0.2) is 0 Å². The molecule has 7 nitrogen and oxygen atoms in total. The van der Waals surface area contributed by atoms with Crippen LogP contribution in [0, 0.1) is 0 Å². The highest BCUT2D eigenvalue weighted by Gasteiger charge is 2.38. The molecule has 0 aliphatic carbocycles. The number of halogens is 1. The summed E-state index contributed by atoms with van der Waals surface area (Å²) < 4.78 is 6.50. The first-order valence-corrected chi connectivity index (χ1v) is 8.08. The molecule has 1 aliphatic rings. The molecule has 23 heavy (non-hydrogen) atoms. The van der Waals surface area contributed by atoms with Crippen LogP contribution < -0.4 is 5.32 Å². The second kappa shape index (κ2) is 6.49. The molecule has 1 fully saturated rings. The number of benzene rings is 1. The summed E-state index contributed by atoms with van der Waals surface area (Å²) in [5.74, 6) is 0.327. The molecule has 1 saturated heterocycles. The lowest BCUT2D eigenvalue weighted by atomic mass is 10.2. The van der Waals surface area contributed by atoms with E-state index in [1.54, 1.807) is 0 Å². The van der Waals surface area contributed by atoms with Gasteiger partial charge in [-0.05, 0) is 30.7 Å². The lowest BCUT2D eigenvalue weighted by molar-refractivity contribution is -0.128. The third-order valence-electron chi connectivity index (χ3n) is 3.54. The van der Waals surface area contributed by atoms with Crippen molar-refractivity contribution in [3.8, 4) is 11.5 Å². The molecule has 2 aromatic rings. The first kappa shape index (κ1) is 15.7. The van der Waals surface area contributed by atoms with Crippen LogP contribution >= 0.6 is 15.9 Å². The predicted octanol–water partition coefficient (Wildman–Crippen LogP) is 2.72. The summed E-state index contributed by atoms with van der Waals surface area (Å²) in [5, 5.41) is 10.5. The van der Waals surface area contributed by atoms with E-state index in [1.807, 2.05) is 31.2 Å². The topological polar surface area (TPSA) is 88.3 Å². The van der Waals surface area contributed by atoms with Crippen LogP contribution in [0.4, 0.5) is 4.79 Å². The summed E-state index contributed by atoms with van der Waals surface area (Å²) in [6, 6.07) is 6.54. The number of hydrogen-bond donors (Lipinski definition) is 1. The van der Waals surface area contributed by atoms with Gasteiger partial charge >= 0.3 is 6.03 Å². The van der Waals surface area contributed by atoms with E-state index in [1.165, 1.54) is 0 Å². The van der Waals surface area contributed by atoms with Crippen LogP contribution in [0.15, 0.2) is 33.2 Å². The van der Waals surface area contributed by atoms with Crippen molar-refractivity contribution >= 4 is 27.9 Å². The van der Waals surface area contributed by atoms with Crippen LogP contribution in [-0.4, -0.2) is 33.1 Å². The minimum Gasteiger partial charge on any atom is -0.419 e. The molecule has 1 aromatic carbocycles. The molecular weight excluding hydrogens is 364 g/mol. The molecule has 120 valence electrons. The van der Waals surface area contributed by atoms with Gasteiger partial charge in [0, 0.05) is 10.0 Å². The third kappa shape index (κ3) is 3.26. The fourth-order valence-electron chi connectivity index (χ4n) is 2.37. The normalized spacial score (nSPS) is 17.7. The largest absolute Gasteiger partial charge is 0.419 e. The number of nitrogens with one attached hydrogen (secondary N) is 1. The number of carbonyl (C=O) groups excluding carboxylic acids is 2. The molecule has 3 rings (SSSR count). The summed E-state index contributed by atoms with van der Waals surface area (Å²) in [6.45, 7) is 1.94. The van der Waals surface area contributed by atoms with Crippen LogP contribution in [0.5, 0.6) is 0 Å². The van der Waals surface area contributed by atoms with Gasteiger partial charge in [-0.3, -0.25) is 9.69 Å². The van der Waals surface area contributed by atoms with Crippen molar-refractivity contribution in [3.05, 3.63) is 34.6 Å². The molecule has 1 aromatic heterocycles. The lowest BCUT2D eigenvalue weighted by Gasteiger charge is -2.09. The standard InChI is InChI=1S/C15H15BrN4O3/c1-2-3-11-14(21)20(15(22)17-11)8-12-18-19-13(23-12)9-4-6-10(16)7-5-9/h4-7,11H,2-3,8H2,1H3,(H,17,22). The Morgan fingerprint density at radius 2 is 2.00 bits per heavy atom. The maximum absolute atomic E-state index is 12.2. The first-order chi connectivity index (χ1) is 11.1. The van der Waals surface area contributed by atoms with E-state index in [2.05, 4.69) is 31.4 Å². The third-order valence-corrected chi connectivity index (χ3v) is 4.06. The number of rotatable bonds is 5. The van der Waals surface area contributed by atoms with Crippen molar-refractivity contribution in [2.75, 3.05) is 0 Å². The van der Waals surface area contributed by atoms with Gasteiger partial charge in [-0.25, -0.2) is 4.79 Å². The van der Waals surface area contributed by atoms with Crippen LogP contribution in [-0.2, 0) is 11.3 Å². The highest BCUT2D eigenvalue weighted by Crippen LogP contribution is 2.21. The zero-order valence-corrected chi connectivity index (χ0v) is 14.0. The van der Waals surface area contributed by atoms with Crippen LogP contribution in [0.1, 0.15) is 25.7 Å². The number of aromatic nitrogens is 2. The van der Waals surface area contributed by atoms with Crippen molar-refractivity contribution in [3.63, 3.8) is 0 Å². The highest BCUT2D eigenvalue weighted by atomic mass is 79.9. The van der Waals surface area contributed by atoms with E-state index in [0.29, 0.717) is 12.3 Å². The average molecular weight is 379 g/mol. The molecule has 2 heterocycles. The van der Waals surface area contributed by atoms with E-state index < -0.39 is 12.1 Å². The van der Waals surface area contributed by atoms with Crippen molar-refractivity contribution < 1.29 is 14.0 Å². The number of imide groups is 1. The number of carbonyl (C=O) groups is 2. The minimum atomic E-state index is -0.457. The van der Waals surface area contributed by atoms with Crippen LogP contribution in [0.3, 0.4) is 0 Å². The smallest absolute Gasteiger partial charge is 0.325 e. The van der Waals surface area contributed by atoms with Crippen molar-refractivity contribution in [1.82, 2.24) is 20.4 Å². The van der Waals surface area contributed by atoms with Gasteiger partial charge in [0.2, 0.25) is 11.8 Å². The number of amides is 3. The molecule has 3 amide bonds. The molecule has 1 aliphatic heterocycles. The Balaban J connectivity index is 1.73. The fraction of sp³-hybridized carbons (Fsp3) is 0.333. The SMILES string of the molecule is CCCC1NC(=O)N(Cc2nnc(-c3ccc(Br)cc3)o2)C1=O. The maximum Gasteiger partial charge on any atom is 0.325 e. The van der Waals surface area contributed by atoms with Gasteiger partial charge in [0.1, 0.15) is 12.6 Å². The van der Waals surface area contributed by atoms with E-state index in [4.69, 9.17) is 4.42 Å². The predicted molar refractivity (Wildman–Crippen MR) is 85.2 cm³/mol. The molecule has 8 heteroatoms. The van der Waals surface area contributed by atoms with E-state index in [9.17, 15) is 9.59 Å². The van der Waals surface area contributed by atoms with Crippen LogP contribution in [0.25, 0.3) is 11.5 Å². The fourth-order valence-corrected chi connectivity index (χ4v) is 2.64. The molecule has 0 saturated carbocycles. The highest BCUT2D eigenvalue weighted by molar-refractivity contribution is 9.10. The number of nitrogens with zero attached hydrogens (tertiary/aromatic N) is 3. The first-order valence-electron chi connectivity index (χ1n) is 7.28. The van der Waals surface area contributed by atoms with Gasteiger partial charge < -0.3 is 9.73 Å². The van der Waals surface area contributed by atoms with Gasteiger partial charge in [-0.15, -0.1) is 10.2 Å². The summed E-state index contributed by atoms with van der Waals surface area (Å²) >= 11 is 3.36. The molecule has 0 spiro atoms. The van der Waals surface area contributed by atoms with Gasteiger partial charge in [-0.2, -0.15) is 0 Å². The minimum absolute atomic E-state index is 0.0194. The Hall–Kier alpha value is -2.22. The van der Waals surface area contributed by atoms with Crippen LogP contribution in [0.2, 0.25) is 0 Å². The maximum atomic E-state index is 12.2. The zero-order chi connectivity index (χ0) is 16.4. The summed E-state index contributed by atoms with van der Waals surface area (Å²) in [6.07, 6.45) is 1.44. The Labute approximate surface area is 141 Å². The summed E-state index contributed by atoms with van der Waals surface area (Å²) in [5.41, 5.74) is 0.771. The van der Waals surface area contributed by atoms with E-state index in [0.717, 1.165) is 21.4 Å². The summed E-state index contributed by atoms with van der Waals surface area (Å²) in [4.78, 5) is 25.2. The number of urea groups is 1. The Bertz CT molecular complexity index is 729. The second-order valence-corrected chi connectivity index (χ2v) is 6.14. The molecule has 1 atom stereocenters. The molecule has 0 radical (unpaired) electrons. The lowest BCUT2D eigenvalue weighted by Crippen LogP contribution is -2.31. The van der Waals surface area contributed by atoms with Crippen molar-refractivity contribution in [2.45, 2.75) is 32.4 Å². The monoisotopic (exact) mass is 378 g/mol. The van der Waals surface area contributed by atoms with Crippen molar-refractivity contribution in [1.29, 1.82) is 0 Å². The molecular formula is C15H15BrN4O3. The number of hydrogen-bond acceptors (Lipinski definition) is 5.